The molecule has 108 valence electrons. The number of ether oxygens (including phenoxy) is 1. The highest BCUT2D eigenvalue weighted by Crippen LogP contribution is 2.25. The molecule has 6 heteroatoms. The number of rotatable bonds is 1. The molecule has 0 radical (unpaired) electrons. The third-order valence-corrected chi connectivity index (χ3v) is 2.69. The Bertz CT molecular complexity index is 671. The Hall–Kier alpha value is -1.95. The Balaban J connectivity index is 2.63. The van der Waals surface area contributed by atoms with Crippen molar-refractivity contribution >= 4 is 17.0 Å². The van der Waals surface area contributed by atoms with Gasteiger partial charge in [-0.25, -0.2) is 18.1 Å². The van der Waals surface area contributed by atoms with Crippen LogP contribution in [0.5, 0.6) is 0 Å². The summed E-state index contributed by atoms with van der Waals surface area (Å²) in [5, 5.41) is 9.21. The van der Waals surface area contributed by atoms with Crippen LogP contribution in [0.25, 0.3) is 10.9 Å². The van der Waals surface area contributed by atoms with Gasteiger partial charge in [0.05, 0.1) is 17.8 Å². The molecular formula is C14H15F2NO3. The number of aliphatic hydroxyl groups excluding tert-OH is 1. The molecule has 0 amide bonds. The van der Waals surface area contributed by atoms with E-state index in [0.29, 0.717) is 0 Å². The molecule has 1 aromatic carbocycles. The van der Waals surface area contributed by atoms with Gasteiger partial charge >= 0.3 is 6.09 Å². The number of hydrogen-bond acceptors (Lipinski definition) is 3. The molecular weight excluding hydrogens is 268 g/mol. The number of aromatic nitrogens is 1. The summed E-state index contributed by atoms with van der Waals surface area (Å²) in [6.45, 7) is 4.58. The van der Waals surface area contributed by atoms with Crippen molar-refractivity contribution in [3.63, 3.8) is 0 Å². The van der Waals surface area contributed by atoms with Crippen LogP contribution in [0.1, 0.15) is 26.5 Å². The van der Waals surface area contributed by atoms with Crippen molar-refractivity contribution in [2.24, 2.45) is 0 Å². The summed E-state index contributed by atoms with van der Waals surface area (Å²) in [5.74, 6) is -2.07. The van der Waals surface area contributed by atoms with Crippen LogP contribution in [0, 0.1) is 11.6 Å². The van der Waals surface area contributed by atoms with Crippen molar-refractivity contribution in [2.75, 3.05) is 0 Å². The van der Waals surface area contributed by atoms with Gasteiger partial charge in [-0.15, -0.1) is 0 Å². The first-order valence-electron chi connectivity index (χ1n) is 6.07. The van der Waals surface area contributed by atoms with Gasteiger partial charge in [0.15, 0.2) is 11.6 Å². The van der Waals surface area contributed by atoms with E-state index in [1.54, 1.807) is 20.8 Å². The molecule has 0 fully saturated rings. The molecule has 20 heavy (non-hydrogen) atoms. The van der Waals surface area contributed by atoms with E-state index in [4.69, 9.17) is 4.74 Å². The second kappa shape index (κ2) is 4.86. The summed E-state index contributed by atoms with van der Waals surface area (Å²) in [6, 6.07) is 3.44. The van der Waals surface area contributed by atoms with Gasteiger partial charge in [-0.2, -0.15) is 0 Å². The minimum atomic E-state index is -1.06. The quantitative estimate of drug-likeness (QED) is 0.874. The third-order valence-electron chi connectivity index (χ3n) is 2.69. The van der Waals surface area contributed by atoms with Crippen LogP contribution in [0.15, 0.2) is 18.2 Å². The van der Waals surface area contributed by atoms with Crippen LogP contribution in [0.2, 0.25) is 0 Å². The number of carbonyl (C=O) groups excluding carboxylic acids is 1. The lowest BCUT2D eigenvalue weighted by molar-refractivity contribution is 0.0533. The van der Waals surface area contributed by atoms with E-state index in [1.807, 2.05) is 0 Å². The van der Waals surface area contributed by atoms with Crippen molar-refractivity contribution in [2.45, 2.75) is 33.0 Å². The SMILES string of the molecule is CC(C)(C)OC(=O)n1c(CO)cc2c(F)c(F)ccc21. The zero-order chi connectivity index (χ0) is 15.1. The summed E-state index contributed by atoms with van der Waals surface area (Å²) >= 11 is 0. The molecule has 0 aliphatic carbocycles. The summed E-state index contributed by atoms with van der Waals surface area (Å²) in [4.78, 5) is 12.1. The Labute approximate surface area is 114 Å². The largest absolute Gasteiger partial charge is 0.443 e. The normalized spacial score (nSPS) is 11.9. The maximum atomic E-state index is 13.7. The smallest absolute Gasteiger partial charge is 0.419 e. The van der Waals surface area contributed by atoms with Gasteiger partial charge in [0.25, 0.3) is 0 Å². The first kappa shape index (κ1) is 14.5. The number of fused-ring (bicyclic) bond motifs is 1. The highest BCUT2D eigenvalue weighted by Gasteiger charge is 2.23. The van der Waals surface area contributed by atoms with Crippen molar-refractivity contribution in [3.05, 3.63) is 35.5 Å². The Morgan fingerprint density at radius 3 is 2.55 bits per heavy atom. The zero-order valence-corrected chi connectivity index (χ0v) is 11.4. The molecule has 1 heterocycles. The van der Waals surface area contributed by atoms with E-state index in [2.05, 4.69) is 0 Å². The maximum Gasteiger partial charge on any atom is 0.419 e. The highest BCUT2D eigenvalue weighted by molar-refractivity contribution is 5.91. The molecule has 1 N–H and O–H groups in total. The summed E-state index contributed by atoms with van der Waals surface area (Å²) in [6.07, 6.45) is -0.748. The van der Waals surface area contributed by atoms with Crippen molar-refractivity contribution in [3.8, 4) is 0 Å². The molecule has 1 aromatic heterocycles. The van der Waals surface area contributed by atoms with Crippen LogP contribution in [-0.2, 0) is 11.3 Å². The molecule has 4 nitrogen and oxygen atoms in total. The maximum absolute atomic E-state index is 13.7. The molecule has 2 rings (SSSR count). The van der Waals surface area contributed by atoms with Crippen LogP contribution < -0.4 is 0 Å². The standard InChI is InChI=1S/C14H15F2NO3/c1-14(2,3)20-13(19)17-8(7-18)6-9-11(17)5-4-10(15)12(9)16/h4-6,18H,7H2,1-3H3. The van der Waals surface area contributed by atoms with Gasteiger partial charge in [-0.3, -0.25) is 0 Å². The van der Waals surface area contributed by atoms with E-state index < -0.39 is 29.9 Å². The topological polar surface area (TPSA) is 51.5 Å². The average Bonchev–Trinajstić information content (AvgIpc) is 2.71. The fraction of sp³-hybridized carbons (Fsp3) is 0.357. The minimum absolute atomic E-state index is 0.0695. The van der Waals surface area contributed by atoms with E-state index in [-0.39, 0.29) is 16.6 Å². The minimum Gasteiger partial charge on any atom is -0.443 e. The van der Waals surface area contributed by atoms with Gasteiger partial charge in [-0.1, -0.05) is 0 Å². The molecule has 0 saturated heterocycles. The Morgan fingerprint density at radius 1 is 1.35 bits per heavy atom. The Morgan fingerprint density at radius 2 is 2.00 bits per heavy atom. The van der Waals surface area contributed by atoms with Gasteiger partial charge < -0.3 is 9.84 Å². The molecule has 0 aliphatic heterocycles. The summed E-state index contributed by atoms with van der Waals surface area (Å²) in [7, 11) is 0. The van der Waals surface area contributed by atoms with Crippen LogP contribution in [0.3, 0.4) is 0 Å². The number of nitrogens with zero attached hydrogens (tertiary/aromatic N) is 1. The summed E-state index contributed by atoms with van der Waals surface area (Å²) in [5.41, 5.74) is -0.445. The van der Waals surface area contributed by atoms with E-state index in [0.717, 1.165) is 10.6 Å². The van der Waals surface area contributed by atoms with E-state index in [9.17, 15) is 18.7 Å². The van der Waals surface area contributed by atoms with Crippen molar-refractivity contribution in [1.82, 2.24) is 4.57 Å². The van der Waals surface area contributed by atoms with Gasteiger partial charge in [-0.05, 0) is 39.0 Å². The number of aliphatic hydroxyl groups is 1. The molecule has 0 aliphatic rings. The number of benzene rings is 1. The van der Waals surface area contributed by atoms with Crippen LogP contribution >= 0.6 is 0 Å². The lowest BCUT2D eigenvalue weighted by Gasteiger charge is -2.20. The number of hydrogen-bond donors (Lipinski definition) is 1. The van der Waals surface area contributed by atoms with E-state index in [1.165, 1.54) is 12.1 Å². The lowest BCUT2D eigenvalue weighted by Crippen LogP contribution is -2.28. The first-order valence-corrected chi connectivity index (χ1v) is 6.07. The number of carbonyl (C=O) groups is 1. The van der Waals surface area contributed by atoms with Crippen LogP contribution in [0.4, 0.5) is 13.6 Å². The van der Waals surface area contributed by atoms with Gasteiger partial charge in [0.2, 0.25) is 0 Å². The zero-order valence-electron chi connectivity index (χ0n) is 11.4. The molecule has 0 unspecified atom stereocenters. The predicted octanol–water partition coefficient (Wildman–Crippen LogP) is 3.20. The van der Waals surface area contributed by atoms with Gasteiger partial charge in [0, 0.05) is 5.39 Å². The lowest BCUT2D eigenvalue weighted by atomic mass is 10.2. The van der Waals surface area contributed by atoms with E-state index >= 15 is 0 Å². The van der Waals surface area contributed by atoms with Crippen LogP contribution in [-0.4, -0.2) is 21.4 Å². The predicted molar refractivity (Wildman–Crippen MR) is 69.4 cm³/mol. The Kier molecular flexibility index (Phi) is 3.52. The second-order valence-corrected chi connectivity index (χ2v) is 5.40. The fourth-order valence-corrected chi connectivity index (χ4v) is 1.91. The monoisotopic (exact) mass is 283 g/mol. The average molecular weight is 283 g/mol. The molecule has 0 atom stereocenters. The second-order valence-electron chi connectivity index (χ2n) is 5.40. The molecule has 2 aromatic rings. The molecule has 0 spiro atoms. The molecule has 0 saturated carbocycles. The van der Waals surface area contributed by atoms with Crippen molar-refractivity contribution in [1.29, 1.82) is 0 Å². The summed E-state index contributed by atoms with van der Waals surface area (Å²) < 4.78 is 33.2. The van der Waals surface area contributed by atoms with Gasteiger partial charge in [0.1, 0.15) is 5.60 Å². The molecule has 0 bridgehead atoms. The number of halogens is 2. The fourth-order valence-electron chi connectivity index (χ4n) is 1.91. The first-order chi connectivity index (χ1) is 9.24. The van der Waals surface area contributed by atoms with Crippen molar-refractivity contribution < 1.29 is 23.4 Å². The highest BCUT2D eigenvalue weighted by atomic mass is 19.2. The third kappa shape index (κ3) is 2.51.